The summed E-state index contributed by atoms with van der Waals surface area (Å²) >= 11 is 0. The molecule has 0 spiro atoms. The molecule has 2 saturated carbocycles. The quantitative estimate of drug-likeness (QED) is 0.611. The molecule has 2 fully saturated rings. The van der Waals surface area contributed by atoms with Gasteiger partial charge in [0.05, 0.1) is 12.1 Å². The fourth-order valence-corrected chi connectivity index (χ4v) is 3.58. The van der Waals surface area contributed by atoms with Crippen LogP contribution in [0.5, 0.6) is 0 Å². The molecule has 0 atom stereocenters. The van der Waals surface area contributed by atoms with E-state index in [1.807, 2.05) is 0 Å². The third-order valence-electron chi connectivity index (χ3n) is 4.67. The van der Waals surface area contributed by atoms with Crippen molar-refractivity contribution in [2.24, 2.45) is 0 Å². The third-order valence-corrected chi connectivity index (χ3v) is 4.67. The first kappa shape index (κ1) is 14.3. The summed E-state index contributed by atoms with van der Waals surface area (Å²) in [5.41, 5.74) is 0. The summed E-state index contributed by atoms with van der Waals surface area (Å²) in [7, 11) is 0. The van der Waals surface area contributed by atoms with Crippen LogP contribution in [-0.2, 0) is 21.1 Å². The van der Waals surface area contributed by atoms with E-state index >= 15 is 0 Å². The van der Waals surface area contributed by atoms with Gasteiger partial charge < -0.3 is 0 Å². The largest absolute Gasteiger partial charge is 0.220 e. The smallest absolute Gasteiger partial charge is 0.175 e. The Hall–Kier alpha value is -0.102. The second kappa shape index (κ2) is 6.89. The average molecular weight is 428 g/mol. The second-order valence-electron chi connectivity index (χ2n) is 5.89. The molecule has 0 radical (unpaired) electrons. The standard InChI is InChI=1S/C15H25N2.Pt/c1-3-7-14(8-4-1)16-11-12-17(13-16)15-9-5-2-6-10-15;/h11-15H,1-10H2;/q+1;. The van der Waals surface area contributed by atoms with Crippen molar-refractivity contribution in [3.05, 3.63) is 18.7 Å². The van der Waals surface area contributed by atoms with Gasteiger partial charge in [0.15, 0.2) is 18.7 Å². The van der Waals surface area contributed by atoms with Crippen LogP contribution in [0.15, 0.2) is 18.7 Å². The monoisotopic (exact) mass is 428 g/mol. The SMILES string of the molecule is [Pt].c1cn(C2CCCCC2)[cH+]n1C1CCCCC1. The van der Waals surface area contributed by atoms with Crippen LogP contribution in [-0.4, -0.2) is 9.13 Å². The molecule has 0 bridgehead atoms. The van der Waals surface area contributed by atoms with E-state index in [9.17, 15) is 0 Å². The van der Waals surface area contributed by atoms with Crippen molar-refractivity contribution < 1.29 is 21.1 Å². The summed E-state index contributed by atoms with van der Waals surface area (Å²) in [6.07, 6.45) is 21.1. The van der Waals surface area contributed by atoms with Crippen LogP contribution in [0, 0.1) is 0 Å². The minimum absolute atomic E-state index is 0. The minimum Gasteiger partial charge on any atom is -0.220 e. The summed E-state index contributed by atoms with van der Waals surface area (Å²) in [4.78, 5) is 0. The molecule has 0 unspecified atom stereocenters. The van der Waals surface area contributed by atoms with Crippen molar-refractivity contribution in [1.82, 2.24) is 9.13 Å². The molecule has 2 aliphatic rings. The maximum Gasteiger partial charge on any atom is 0.175 e. The molecule has 1 aromatic heterocycles. The number of nitrogens with zero attached hydrogens (tertiary/aromatic N) is 2. The molecule has 3 heteroatoms. The predicted octanol–water partition coefficient (Wildman–Crippen LogP) is 4.58. The Kier molecular flexibility index (Phi) is 5.48. The number of hydrogen-bond acceptors (Lipinski definition) is 0. The van der Waals surface area contributed by atoms with E-state index in [1.165, 1.54) is 64.2 Å². The number of imidazole rings is 1. The maximum absolute atomic E-state index is 2.48. The molecule has 0 saturated heterocycles. The first-order valence-corrected chi connectivity index (χ1v) is 7.52. The van der Waals surface area contributed by atoms with Crippen molar-refractivity contribution in [2.45, 2.75) is 76.3 Å². The Bertz CT molecular complexity index is 317. The van der Waals surface area contributed by atoms with Gasteiger partial charge in [0.2, 0.25) is 0 Å². The summed E-state index contributed by atoms with van der Waals surface area (Å²) in [6, 6.07) is 1.57. The van der Waals surface area contributed by atoms with Crippen molar-refractivity contribution in [3.63, 3.8) is 0 Å². The molecule has 3 rings (SSSR count). The fraction of sp³-hybridized carbons (Fsp3) is 0.800. The molecule has 104 valence electrons. The Balaban J connectivity index is 0.00000120. The van der Waals surface area contributed by atoms with Crippen molar-refractivity contribution in [3.8, 4) is 0 Å². The van der Waals surface area contributed by atoms with Gasteiger partial charge in [0.1, 0.15) is 0 Å². The summed E-state index contributed by atoms with van der Waals surface area (Å²) < 4.78 is 4.96. The molecule has 0 N–H and O–H groups in total. The van der Waals surface area contributed by atoms with E-state index in [4.69, 9.17) is 0 Å². The van der Waals surface area contributed by atoms with Gasteiger partial charge >= 0.3 is 0 Å². The minimum atomic E-state index is 0. The molecular formula is C15H25N2Pt+. The van der Waals surface area contributed by atoms with Crippen molar-refractivity contribution >= 4 is 0 Å². The van der Waals surface area contributed by atoms with E-state index in [1.54, 1.807) is 0 Å². The average Bonchev–Trinajstić information content (AvgIpc) is 2.90. The van der Waals surface area contributed by atoms with Crippen LogP contribution >= 0.6 is 0 Å². The Morgan fingerprint density at radius 2 is 1.06 bits per heavy atom. The van der Waals surface area contributed by atoms with E-state index in [2.05, 4.69) is 27.9 Å². The van der Waals surface area contributed by atoms with E-state index in [0.717, 1.165) is 12.1 Å². The summed E-state index contributed by atoms with van der Waals surface area (Å²) in [5, 5.41) is 0. The molecule has 1 aromatic rings. The van der Waals surface area contributed by atoms with Gasteiger partial charge in [-0.2, -0.15) is 0 Å². The van der Waals surface area contributed by atoms with Gasteiger partial charge in [0.25, 0.3) is 0 Å². The normalized spacial score (nSPS) is 22.7. The Morgan fingerprint density at radius 3 is 1.44 bits per heavy atom. The molecule has 18 heavy (non-hydrogen) atoms. The van der Waals surface area contributed by atoms with Gasteiger partial charge in [-0.25, -0.2) is 9.13 Å². The van der Waals surface area contributed by atoms with E-state index in [-0.39, 0.29) is 21.1 Å². The van der Waals surface area contributed by atoms with Gasteiger partial charge in [-0.3, -0.25) is 0 Å². The molecule has 0 amide bonds. The zero-order valence-corrected chi connectivity index (χ0v) is 13.4. The Morgan fingerprint density at radius 1 is 0.667 bits per heavy atom. The molecule has 1 heterocycles. The molecule has 2 nitrogen and oxygen atoms in total. The van der Waals surface area contributed by atoms with Crippen LogP contribution in [0.1, 0.15) is 76.3 Å². The second-order valence-corrected chi connectivity index (χ2v) is 5.89. The van der Waals surface area contributed by atoms with Crippen LogP contribution in [0.25, 0.3) is 0 Å². The molecule has 0 aliphatic heterocycles. The first-order chi connectivity index (χ1) is 8.43. The fourth-order valence-electron chi connectivity index (χ4n) is 3.58. The van der Waals surface area contributed by atoms with Crippen LogP contribution in [0.4, 0.5) is 0 Å². The van der Waals surface area contributed by atoms with E-state index in [0.29, 0.717) is 0 Å². The third kappa shape index (κ3) is 3.26. The molecule has 0 aromatic carbocycles. The number of rotatable bonds is 2. The van der Waals surface area contributed by atoms with Crippen molar-refractivity contribution in [2.75, 3.05) is 0 Å². The maximum atomic E-state index is 2.48. The van der Waals surface area contributed by atoms with E-state index < -0.39 is 0 Å². The van der Waals surface area contributed by atoms with Crippen LogP contribution in [0.3, 0.4) is 0 Å². The van der Waals surface area contributed by atoms with Gasteiger partial charge in [-0.1, -0.05) is 38.5 Å². The molecule has 2 aliphatic carbocycles. The van der Waals surface area contributed by atoms with Gasteiger partial charge in [-0.05, 0) is 25.7 Å². The zero-order valence-electron chi connectivity index (χ0n) is 11.2. The topological polar surface area (TPSA) is 9.86 Å². The Labute approximate surface area is 125 Å². The number of hydrogen-bond donors (Lipinski definition) is 0. The van der Waals surface area contributed by atoms with Crippen molar-refractivity contribution in [1.29, 1.82) is 0 Å². The predicted molar refractivity (Wildman–Crippen MR) is 71.1 cm³/mol. The van der Waals surface area contributed by atoms with Gasteiger partial charge in [-0.15, -0.1) is 0 Å². The van der Waals surface area contributed by atoms with Crippen LogP contribution in [0.2, 0.25) is 0 Å². The molecular weight excluding hydrogens is 403 g/mol. The summed E-state index contributed by atoms with van der Waals surface area (Å²) in [6.45, 7) is 0. The first-order valence-electron chi connectivity index (χ1n) is 7.52. The van der Waals surface area contributed by atoms with Crippen LogP contribution < -0.4 is 0 Å². The zero-order chi connectivity index (χ0) is 11.5. The number of aromatic nitrogens is 2. The van der Waals surface area contributed by atoms with Gasteiger partial charge in [0, 0.05) is 21.1 Å². The summed E-state index contributed by atoms with van der Waals surface area (Å²) in [5.74, 6) is 0.